The lowest BCUT2D eigenvalue weighted by molar-refractivity contribution is 0.0705. The number of morpholine rings is 1. The lowest BCUT2D eigenvalue weighted by Crippen LogP contribution is -2.36. The molecule has 13 heteroatoms. The Morgan fingerprint density at radius 2 is 1.94 bits per heavy atom. The molecule has 0 radical (unpaired) electrons. The van der Waals surface area contributed by atoms with Crippen LogP contribution in [0.2, 0.25) is 0 Å². The van der Waals surface area contributed by atoms with Crippen LogP contribution in [0.1, 0.15) is 28.2 Å². The van der Waals surface area contributed by atoms with Gasteiger partial charge in [-0.15, -0.1) is 11.3 Å². The van der Waals surface area contributed by atoms with Gasteiger partial charge in [-0.3, -0.25) is 10.0 Å². The molecule has 0 saturated carbocycles. The maximum absolute atomic E-state index is 11.5. The highest BCUT2D eigenvalue weighted by Crippen LogP contribution is 2.37. The van der Waals surface area contributed by atoms with Gasteiger partial charge in [0.2, 0.25) is 11.8 Å². The Morgan fingerprint density at radius 3 is 2.61 bits per heavy atom. The largest absolute Gasteiger partial charge is 0.481 e. The number of nitrogens with one attached hydrogen (secondary N) is 2. The molecule has 4 aromatic heterocycles. The number of ether oxygens (including phenoxy) is 2. The maximum atomic E-state index is 11.5. The molecule has 186 valence electrons. The van der Waals surface area contributed by atoms with Gasteiger partial charge in [0.25, 0.3) is 5.91 Å². The minimum atomic E-state index is -0.670. The van der Waals surface area contributed by atoms with Crippen LogP contribution < -0.4 is 20.4 Å². The second kappa shape index (κ2) is 10.4. The van der Waals surface area contributed by atoms with Gasteiger partial charge in [-0.1, -0.05) is 0 Å². The first kappa shape index (κ1) is 23.8. The summed E-state index contributed by atoms with van der Waals surface area (Å²) in [6.45, 7) is 4.77. The number of hydrogen-bond donors (Lipinski definition) is 3. The number of amides is 1. The number of fused-ring (bicyclic) bond motifs is 1. The molecule has 5 heterocycles. The monoisotopic (exact) mass is 508 g/mol. The van der Waals surface area contributed by atoms with E-state index in [1.54, 1.807) is 36.2 Å². The molecule has 4 aromatic rings. The van der Waals surface area contributed by atoms with Crippen LogP contribution in [0.5, 0.6) is 5.88 Å². The van der Waals surface area contributed by atoms with Gasteiger partial charge in [0.05, 0.1) is 42.1 Å². The number of carbonyl (C=O) groups is 1. The van der Waals surface area contributed by atoms with Crippen molar-refractivity contribution in [3.05, 3.63) is 47.2 Å². The molecule has 1 amide bonds. The number of anilines is 2. The summed E-state index contributed by atoms with van der Waals surface area (Å²) in [6, 6.07) is 5.59. The summed E-state index contributed by atoms with van der Waals surface area (Å²) in [5.74, 6) is 1.67. The molecule has 0 spiro atoms. The Hall–Kier alpha value is -3.94. The number of aromatic nitrogens is 5. The van der Waals surface area contributed by atoms with E-state index in [0.29, 0.717) is 30.9 Å². The van der Waals surface area contributed by atoms with Crippen molar-refractivity contribution in [2.45, 2.75) is 13.0 Å². The fourth-order valence-corrected chi connectivity index (χ4v) is 4.86. The Bertz CT molecular complexity index is 1360. The van der Waals surface area contributed by atoms with Gasteiger partial charge >= 0.3 is 0 Å². The van der Waals surface area contributed by atoms with E-state index in [9.17, 15) is 4.79 Å². The number of pyridine rings is 1. The average Bonchev–Trinajstić information content (AvgIpc) is 3.37. The Morgan fingerprint density at radius 1 is 1.17 bits per heavy atom. The number of carbonyl (C=O) groups excluding carboxylic acids is 1. The van der Waals surface area contributed by atoms with Crippen molar-refractivity contribution in [1.29, 1.82) is 0 Å². The van der Waals surface area contributed by atoms with Crippen LogP contribution in [0, 0.1) is 0 Å². The van der Waals surface area contributed by atoms with Crippen LogP contribution in [0.3, 0.4) is 0 Å². The molecule has 1 saturated heterocycles. The number of nitrogens with zero attached hydrogens (tertiary/aromatic N) is 6. The third-order valence-electron chi connectivity index (χ3n) is 5.68. The number of methoxy groups -OCH3 is 1. The lowest BCUT2D eigenvalue weighted by atomic mass is 10.2. The van der Waals surface area contributed by atoms with Gasteiger partial charge in [-0.2, -0.15) is 0 Å². The molecule has 1 aliphatic rings. The van der Waals surface area contributed by atoms with Crippen molar-refractivity contribution in [3.63, 3.8) is 0 Å². The molecular formula is C23H24N8O4S. The number of thiophene rings is 1. The maximum Gasteiger partial charge on any atom is 0.277 e. The third kappa shape index (κ3) is 4.89. The predicted molar refractivity (Wildman–Crippen MR) is 134 cm³/mol. The highest BCUT2D eigenvalue weighted by atomic mass is 32.1. The molecule has 0 bridgehead atoms. The van der Waals surface area contributed by atoms with Crippen molar-refractivity contribution in [1.82, 2.24) is 30.4 Å². The van der Waals surface area contributed by atoms with Crippen LogP contribution in [0.15, 0.2) is 36.8 Å². The van der Waals surface area contributed by atoms with E-state index in [-0.39, 0.29) is 11.6 Å². The van der Waals surface area contributed by atoms with E-state index >= 15 is 0 Å². The summed E-state index contributed by atoms with van der Waals surface area (Å²) in [5, 5.41) is 12.0. The minimum Gasteiger partial charge on any atom is -0.481 e. The quantitative estimate of drug-likeness (QED) is 0.250. The normalized spacial score (nSPS) is 14.5. The molecule has 1 fully saturated rings. The number of hydrogen-bond acceptors (Lipinski definition) is 12. The molecule has 3 N–H and O–H groups in total. The Kier molecular flexibility index (Phi) is 6.84. The summed E-state index contributed by atoms with van der Waals surface area (Å²) in [5.41, 5.74) is 3.35. The fraction of sp³-hybridized carbons (Fsp3) is 0.304. The Balaban J connectivity index is 1.48. The molecule has 1 unspecified atom stereocenters. The minimum absolute atomic E-state index is 0.134. The molecule has 5 rings (SSSR count). The van der Waals surface area contributed by atoms with E-state index in [1.807, 2.05) is 19.1 Å². The van der Waals surface area contributed by atoms with E-state index in [4.69, 9.17) is 24.6 Å². The molecule has 1 atom stereocenters. The molecule has 0 aliphatic carbocycles. The lowest BCUT2D eigenvalue weighted by Gasteiger charge is -2.28. The zero-order chi connectivity index (χ0) is 25.1. The van der Waals surface area contributed by atoms with Gasteiger partial charge in [-0.05, 0) is 19.1 Å². The Labute approximate surface area is 210 Å². The van der Waals surface area contributed by atoms with Gasteiger partial charge in [0.15, 0.2) is 11.6 Å². The van der Waals surface area contributed by atoms with E-state index in [1.165, 1.54) is 12.4 Å². The second-order valence-corrected chi connectivity index (χ2v) is 9.11. The van der Waals surface area contributed by atoms with Crippen molar-refractivity contribution < 1.29 is 19.5 Å². The first-order chi connectivity index (χ1) is 17.6. The van der Waals surface area contributed by atoms with Gasteiger partial charge in [0.1, 0.15) is 0 Å². The third-order valence-corrected chi connectivity index (χ3v) is 6.98. The number of hydroxylamine groups is 1. The van der Waals surface area contributed by atoms with E-state index < -0.39 is 5.91 Å². The second-order valence-electron chi connectivity index (χ2n) is 8.02. The topological polar surface area (TPSA) is 148 Å². The summed E-state index contributed by atoms with van der Waals surface area (Å²) >= 11 is 1.61. The molecule has 36 heavy (non-hydrogen) atoms. The molecule has 0 aromatic carbocycles. The zero-order valence-electron chi connectivity index (χ0n) is 19.6. The predicted octanol–water partition coefficient (Wildman–Crippen LogP) is 2.68. The van der Waals surface area contributed by atoms with Crippen LogP contribution in [-0.4, -0.2) is 69.4 Å². The van der Waals surface area contributed by atoms with Crippen LogP contribution in [0.4, 0.5) is 11.8 Å². The van der Waals surface area contributed by atoms with Gasteiger partial charge < -0.3 is 19.7 Å². The summed E-state index contributed by atoms with van der Waals surface area (Å²) < 4.78 is 11.7. The summed E-state index contributed by atoms with van der Waals surface area (Å²) in [7, 11) is 1.58. The van der Waals surface area contributed by atoms with Crippen molar-refractivity contribution in [3.8, 4) is 17.3 Å². The van der Waals surface area contributed by atoms with Crippen LogP contribution in [0.25, 0.3) is 21.6 Å². The van der Waals surface area contributed by atoms with E-state index in [0.717, 1.165) is 39.6 Å². The average molecular weight is 509 g/mol. The summed E-state index contributed by atoms with van der Waals surface area (Å²) in [4.78, 5) is 37.2. The molecular weight excluding hydrogens is 484 g/mol. The SMILES string of the molecule is COc1ccc(-c2nc(N3CCOCC3)c3sc(C(C)Nc4ncc(C(=O)NO)cn4)cc3n2)cn1. The zero-order valence-corrected chi connectivity index (χ0v) is 20.4. The van der Waals surface area contributed by atoms with Gasteiger partial charge in [0, 0.05) is 48.2 Å². The smallest absolute Gasteiger partial charge is 0.277 e. The number of rotatable bonds is 7. The first-order valence-corrected chi connectivity index (χ1v) is 12.0. The van der Waals surface area contributed by atoms with Crippen molar-refractivity contribution >= 4 is 39.2 Å². The standard InChI is InChI=1S/C23H24N8O4S/c1-13(27-23-25-11-15(12-26-23)22(32)30-33)17-9-16-19(36-17)21(31-5-7-35-8-6-31)29-20(28-16)14-3-4-18(34-2)24-10-14/h3-4,9-13,33H,5-8H2,1-2H3,(H,30,32)(H,25,26,27). The summed E-state index contributed by atoms with van der Waals surface area (Å²) in [6.07, 6.45) is 4.39. The van der Waals surface area contributed by atoms with Crippen molar-refractivity contribution in [2.24, 2.45) is 0 Å². The van der Waals surface area contributed by atoms with Crippen LogP contribution >= 0.6 is 11.3 Å². The highest BCUT2D eigenvalue weighted by molar-refractivity contribution is 7.19. The first-order valence-electron chi connectivity index (χ1n) is 11.2. The highest BCUT2D eigenvalue weighted by Gasteiger charge is 2.22. The fourth-order valence-electron chi connectivity index (χ4n) is 3.75. The molecule has 1 aliphatic heterocycles. The van der Waals surface area contributed by atoms with Gasteiger partial charge in [-0.25, -0.2) is 30.4 Å². The van der Waals surface area contributed by atoms with Crippen molar-refractivity contribution in [2.75, 3.05) is 43.6 Å². The van der Waals surface area contributed by atoms with Crippen LogP contribution in [-0.2, 0) is 4.74 Å². The molecule has 12 nitrogen and oxygen atoms in total. The van der Waals surface area contributed by atoms with E-state index in [2.05, 4.69) is 25.2 Å².